The zero-order valence-electron chi connectivity index (χ0n) is 26.9. The van der Waals surface area contributed by atoms with E-state index in [0.29, 0.717) is 42.6 Å². The number of ether oxygens (including phenoxy) is 7. The number of aromatic hydroxyl groups is 1. The van der Waals surface area contributed by atoms with Gasteiger partial charge in [-0.1, -0.05) is 51.1 Å². The van der Waals surface area contributed by atoms with Crippen LogP contribution < -0.4 is 23.7 Å². The molecule has 2 aliphatic rings. The number of phenolic OH excluding ortho intramolecular Hbond substituents is 1. The van der Waals surface area contributed by atoms with Crippen molar-refractivity contribution in [2.24, 2.45) is 0 Å². The summed E-state index contributed by atoms with van der Waals surface area (Å²) >= 11 is 0. The van der Waals surface area contributed by atoms with E-state index >= 15 is 0 Å². The van der Waals surface area contributed by atoms with E-state index in [4.69, 9.17) is 37.6 Å². The fraction of sp³-hybridized carbons (Fsp3) is 0.471. The molecule has 1 fully saturated rings. The first-order valence-electron chi connectivity index (χ1n) is 14.9. The molecule has 3 aromatic carbocycles. The Labute approximate surface area is 261 Å². The van der Waals surface area contributed by atoms with E-state index in [1.54, 1.807) is 12.1 Å². The predicted octanol–water partition coefficient (Wildman–Crippen LogP) is 7.11. The molecule has 0 radical (unpaired) electrons. The van der Waals surface area contributed by atoms with Gasteiger partial charge < -0.3 is 42.7 Å². The van der Waals surface area contributed by atoms with Crippen molar-refractivity contribution in [2.75, 3.05) is 34.0 Å². The van der Waals surface area contributed by atoms with Crippen molar-refractivity contribution >= 4 is 8.32 Å². The van der Waals surface area contributed by atoms with Crippen molar-refractivity contribution in [2.45, 2.75) is 70.4 Å². The van der Waals surface area contributed by atoms with Crippen LogP contribution in [0.4, 0.5) is 0 Å². The van der Waals surface area contributed by atoms with Gasteiger partial charge in [-0.05, 0) is 54.9 Å². The summed E-state index contributed by atoms with van der Waals surface area (Å²) in [4.78, 5) is 0. The highest BCUT2D eigenvalue weighted by Gasteiger charge is 2.43. The fourth-order valence-corrected chi connectivity index (χ4v) is 6.00. The summed E-state index contributed by atoms with van der Waals surface area (Å²) in [7, 11) is 0.835. The molecule has 3 aromatic rings. The van der Waals surface area contributed by atoms with E-state index < -0.39 is 26.3 Å². The fourth-order valence-electron chi connectivity index (χ4n) is 4.98. The summed E-state index contributed by atoms with van der Waals surface area (Å²) in [5.41, 5.74) is 2.46. The zero-order valence-corrected chi connectivity index (χ0v) is 27.9. The second-order valence-corrected chi connectivity index (χ2v) is 17.6. The highest BCUT2D eigenvalue weighted by molar-refractivity contribution is 6.74. The van der Waals surface area contributed by atoms with Gasteiger partial charge in [0.25, 0.3) is 0 Å². The summed E-state index contributed by atoms with van der Waals surface area (Å²) in [6.45, 7) is 14.5. The lowest BCUT2D eigenvalue weighted by Crippen LogP contribution is -2.46. The Balaban J connectivity index is 1.59. The van der Waals surface area contributed by atoms with E-state index in [2.05, 4.69) is 33.9 Å². The Hall–Kier alpha value is -3.44. The van der Waals surface area contributed by atoms with E-state index in [9.17, 15) is 5.11 Å². The maximum absolute atomic E-state index is 10.6. The Bertz CT molecular complexity index is 1420. The lowest BCUT2D eigenvalue weighted by Gasteiger charge is -2.40. The van der Waals surface area contributed by atoms with Crippen molar-refractivity contribution in [3.05, 3.63) is 71.3 Å². The van der Waals surface area contributed by atoms with Gasteiger partial charge in [-0.3, -0.25) is 0 Å². The number of fused-ring (bicyclic) bond motifs is 1. The molecular weight excluding hydrogens is 580 g/mol. The van der Waals surface area contributed by atoms with E-state index in [-0.39, 0.29) is 28.9 Å². The molecule has 0 aromatic heterocycles. The van der Waals surface area contributed by atoms with Gasteiger partial charge in [0.05, 0.1) is 34.0 Å². The second kappa shape index (κ2) is 12.5. The Kier molecular flexibility index (Phi) is 9.09. The summed E-state index contributed by atoms with van der Waals surface area (Å²) in [6.07, 6.45) is -1.19. The largest absolute Gasteiger partial charge is 0.502 e. The number of methoxy groups -OCH3 is 2. The van der Waals surface area contributed by atoms with Crippen LogP contribution in [0.3, 0.4) is 0 Å². The normalized spacial score (nSPS) is 19.5. The van der Waals surface area contributed by atoms with Crippen LogP contribution in [0.1, 0.15) is 50.5 Å². The number of hydrogen-bond donors (Lipinski definition) is 1. The Morgan fingerprint density at radius 1 is 0.909 bits per heavy atom. The molecule has 44 heavy (non-hydrogen) atoms. The highest BCUT2D eigenvalue weighted by Crippen LogP contribution is 2.51. The third-order valence-corrected chi connectivity index (χ3v) is 13.2. The molecule has 0 saturated carbocycles. The molecule has 0 aliphatic carbocycles. The molecule has 10 heteroatoms. The molecule has 5 rings (SSSR count). The highest BCUT2D eigenvalue weighted by atomic mass is 28.4. The van der Waals surface area contributed by atoms with Crippen molar-refractivity contribution in [1.29, 1.82) is 0 Å². The van der Waals surface area contributed by atoms with Crippen LogP contribution in [-0.2, 0) is 26.3 Å². The second-order valence-electron chi connectivity index (χ2n) is 12.8. The van der Waals surface area contributed by atoms with Crippen molar-refractivity contribution in [3.8, 4) is 34.5 Å². The summed E-state index contributed by atoms with van der Waals surface area (Å²) in [6, 6.07) is 17.2. The third-order valence-electron chi connectivity index (χ3n) is 8.73. The average molecular weight is 625 g/mol. The first-order chi connectivity index (χ1) is 20.8. The molecule has 0 spiro atoms. The smallest absolute Gasteiger partial charge is 0.204 e. The minimum absolute atomic E-state index is 0.00348. The number of benzene rings is 3. The van der Waals surface area contributed by atoms with Crippen LogP contribution in [0.25, 0.3) is 0 Å². The molecular formula is C34H44O9Si. The van der Waals surface area contributed by atoms with Gasteiger partial charge >= 0.3 is 0 Å². The number of rotatable bonds is 10. The predicted molar refractivity (Wildman–Crippen MR) is 169 cm³/mol. The molecule has 2 heterocycles. The van der Waals surface area contributed by atoms with Gasteiger partial charge in [0.1, 0.15) is 6.61 Å². The Morgan fingerprint density at radius 2 is 1.55 bits per heavy atom. The standard InChI is InChI=1S/C34H44O9Si/c1-33(2,3)44(7,8)41-21-29-31(23-16-25(36-5)30(35)26(17-23)37-6)42-28-19-24(34(4)39-14-15-40-34)18-27(32(28)43-29)38-20-22-12-10-9-11-13-22/h9-13,16-19,29,31,35H,14-15,20-21H2,1-8H3/t29-,31-/m0/s1. The molecule has 0 amide bonds. The van der Waals surface area contributed by atoms with Crippen molar-refractivity contribution in [1.82, 2.24) is 0 Å². The van der Waals surface area contributed by atoms with Crippen LogP contribution in [-0.4, -0.2) is 53.6 Å². The summed E-state index contributed by atoms with van der Waals surface area (Å²) < 4.78 is 49.6. The van der Waals surface area contributed by atoms with Crippen molar-refractivity contribution in [3.63, 3.8) is 0 Å². The third kappa shape index (κ3) is 6.49. The van der Waals surface area contributed by atoms with Crippen LogP contribution in [0.2, 0.25) is 18.1 Å². The monoisotopic (exact) mass is 624 g/mol. The van der Waals surface area contributed by atoms with Gasteiger partial charge in [0.15, 0.2) is 49.3 Å². The Morgan fingerprint density at radius 3 is 2.14 bits per heavy atom. The van der Waals surface area contributed by atoms with Gasteiger partial charge in [0.2, 0.25) is 11.5 Å². The first-order valence-corrected chi connectivity index (χ1v) is 17.8. The molecule has 2 atom stereocenters. The minimum atomic E-state index is -2.15. The van der Waals surface area contributed by atoms with Gasteiger partial charge in [-0.25, -0.2) is 0 Å². The quantitative estimate of drug-likeness (QED) is 0.237. The average Bonchev–Trinajstić information content (AvgIpc) is 3.46. The zero-order chi connectivity index (χ0) is 31.7. The minimum Gasteiger partial charge on any atom is -0.502 e. The molecule has 238 valence electrons. The molecule has 1 saturated heterocycles. The maximum Gasteiger partial charge on any atom is 0.204 e. The van der Waals surface area contributed by atoms with E-state index in [0.717, 1.165) is 11.1 Å². The van der Waals surface area contributed by atoms with E-state index in [1.807, 2.05) is 49.4 Å². The van der Waals surface area contributed by atoms with Gasteiger partial charge in [-0.2, -0.15) is 0 Å². The molecule has 1 N–H and O–H groups in total. The molecule has 0 unspecified atom stereocenters. The van der Waals surface area contributed by atoms with E-state index in [1.165, 1.54) is 14.2 Å². The molecule has 9 nitrogen and oxygen atoms in total. The lowest BCUT2D eigenvalue weighted by atomic mass is 10.0. The molecule has 0 bridgehead atoms. The van der Waals surface area contributed by atoms with Crippen LogP contribution in [0.15, 0.2) is 54.6 Å². The topological polar surface area (TPSA) is 94.1 Å². The van der Waals surface area contributed by atoms with Gasteiger partial charge in [-0.15, -0.1) is 0 Å². The lowest BCUT2D eigenvalue weighted by molar-refractivity contribution is -0.150. The number of hydrogen-bond acceptors (Lipinski definition) is 9. The van der Waals surface area contributed by atoms with Crippen LogP contribution in [0.5, 0.6) is 34.5 Å². The van der Waals surface area contributed by atoms with Crippen LogP contribution in [0, 0.1) is 0 Å². The number of phenols is 1. The SMILES string of the molecule is COc1cc([C@@H]2Oc3cc(C4(C)OCCO4)cc(OCc4ccccc4)c3O[C@H]2CO[Si](C)(C)C(C)(C)C)cc(OC)c1O. The summed E-state index contributed by atoms with van der Waals surface area (Å²) in [5, 5.41) is 10.6. The van der Waals surface area contributed by atoms with Gasteiger partial charge in [0, 0.05) is 11.1 Å². The first kappa shape index (κ1) is 32.0. The maximum atomic E-state index is 10.6. The van der Waals surface area contributed by atoms with Crippen LogP contribution >= 0.6 is 0 Å². The van der Waals surface area contributed by atoms with Crippen molar-refractivity contribution < 1.29 is 42.7 Å². The summed E-state index contributed by atoms with van der Waals surface area (Å²) in [5.74, 6) is 0.934. The molecule has 2 aliphatic heterocycles.